The van der Waals surface area contributed by atoms with Crippen LogP contribution < -0.4 is 14.2 Å². The Bertz CT molecular complexity index is 980. The lowest BCUT2D eigenvalue weighted by Gasteiger charge is -2.16. The number of rotatable bonds is 9. The number of ether oxygens (including phenoxy) is 3. The summed E-state index contributed by atoms with van der Waals surface area (Å²) in [5, 5.41) is 9.37. The average molecular weight is 417 g/mol. The molecule has 0 fully saturated rings. The quantitative estimate of drug-likeness (QED) is 0.603. The van der Waals surface area contributed by atoms with Gasteiger partial charge in [0, 0.05) is 25.3 Å². The van der Waals surface area contributed by atoms with Crippen molar-refractivity contribution in [1.82, 2.24) is 0 Å². The maximum atomic E-state index is 13.9. The zero-order chi connectivity index (χ0) is 20.9. The molecule has 0 aliphatic heterocycles. The molecule has 11 heteroatoms. The number of benzene rings is 2. The van der Waals surface area contributed by atoms with Crippen LogP contribution in [0.15, 0.2) is 35.2 Å². The fourth-order valence-corrected chi connectivity index (χ4v) is 3.35. The van der Waals surface area contributed by atoms with Gasteiger partial charge in [0.2, 0.25) is 0 Å². The summed E-state index contributed by atoms with van der Waals surface area (Å²) in [7, 11) is -1.83. The van der Waals surface area contributed by atoms with Gasteiger partial charge in [0.15, 0.2) is 11.5 Å². The second-order valence-electron chi connectivity index (χ2n) is 5.38. The number of methoxy groups -OCH3 is 2. The Balaban J connectivity index is 2.49. The first-order valence-corrected chi connectivity index (χ1v) is 9.23. The van der Waals surface area contributed by atoms with Crippen LogP contribution in [0.5, 0.6) is 11.5 Å². The van der Waals surface area contributed by atoms with Crippen LogP contribution in [0.1, 0.15) is 10.4 Å². The van der Waals surface area contributed by atoms with E-state index in [9.17, 15) is 27.1 Å². The van der Waals surface area contributed by atoms with Gasteiger partial charge < -0.3 is 19.3 Å². The van der Waals surface area contributed by atoms with E-state index < -0.39 is 38.1 Å². The number of hydrogen-bond donors (Lipinski definition) is 2. The van der Waals surface area contributed by atoms with Crippen LogP contribution in [0.25, 0.3) is 0 Å². The van der Waals surface area contributed by atoms with Crippen molar-refractivity contribution in [2.24, 2.45) is 0 Å². The van der Waals surface area contributed by atoms with E-state index in [-0.39, 0.29) is 30.4 Å². The van der Waals surface area contributed by atoms with Crippen molar-refractivity contribution < 1.29 is 41.3 Å². The summed E-state index contributed by atoms with van der Waals surface area (Å²) in [6.45, 7) is 0.295. The summed E-state index contributed by atoms with van der Waals surface area (Å²) in [6, 6.07) is 4.05. The normalized spacial score (nSPS) is 11.1. The minimum atomic E-state index is -4.55. The topological polar surface area (TPSA) is 111 Å². The van der Waals surface area contributed by atoms with Gasteiger partial charge in [-0.2, -0.15) is 0 Å². The smallest absolute Gasteiger partial charge is 0.337 e. The monoisotopic (exact) mass is 417 g/mol. The third-order valence-electron chi connectivity index (χ3n) is 3.51. The maximum absolute atomic E-state index is 13.9. The lowest BCUT2D eigenvalue weighted by molar-refractivity contribution is 0.0697. The number of carboxylic acid groups (broad SMARTS) is 1. The van der Waals surface area contributed by atoms with E-state index in [0.717, 1.165) is 24.3 Å². The molecule has 152 valence electrons. The molecule has 2 aromatic carbocycles. The second-order valence-corrected chi connectivity index (χ2v) is 7.03. The van der Waals surface area contributed by atoms with E-state index in [0.29, 0.717) is 6.07 Å². The molecule has 0 amide bonds. The van der Waals surface area contributed by atoms with Gasteiger partial charge in [0.05, 0.1) is 25.0 Å². The van der Waals surface area contributed by atoms with Gasteiger partial charge in [-0.05, 0) is 12.1 Å². The molecule has 28 heavy (non-hydrogen) atoms. The zero-order valence-electron chi connectivity index (χ0n) is 14.9. The molecule has 0 radical (unpaired) electrons. The maximum Gasteiger partial charge on any atom is 0.337 e. The number of carbonyl (C=O) groups is 1. The Morgan fingerprint density at radius 2 is 1.82 bits per heavy atom. The second kappa shape index (κ2) is 8.85. The first-order valence-electron chi connectivity index (χ1n) is 7.74. The molecule has 2 aromatic rings. The van der Waals surface area contributed by atoms with E-state index in [1.54, 1.807) is 0 Å². The van der Waals surface area contributed by atoms with E-state index in [4.69, 9.17) is 14.2 Å². The summed E-state index contributed by atoms with van der Waals surface area (Å²) in [6.07, 6.45) is 0. The van der Waals surface area contributed by atoms with Crippen LogP contribution in [-0.2, 0) is 14.8 Å². The van der Waals surface area contributed by atoms with Gasteiger partial charge in [0.25, 0.3) is 10.0 Å². The van der Waals surface area contributed by atoms with E-state index in [2.05, 4.69) is 0 Å². The zero-order valence-corrected chi connectivity index (χ0v) is 15.7. The Hall–Kier alpha value is -2.92. The number of aromatic carboxylic acids is 1. The highest BCUT2D eigenvalue weighted by Gasteiger charge is 2.24. The summed E-state index contributed by atoms with van der Waals surface area (Å²) in [4.78, 5) is 10.7. The molecular weight excluding hydrogens is 400 g/mol. The van der Waals surface area contributed by atoms with Crippen LogP contribution >= 0.6 is 0 Å². The van der Waals surface area contributed by atoms with Crippen LogP contribution in [-0.4, -0.2) is 46.9 Å². The van der Waals surface area contributed by atoms with Crippen molar-refractivity contribution in [2.45, 2.75) is 4.90 Å². The van der Waals surface area contributed by atoms with Crippen molar-refractivity contribution in [3.8, 4) is 11.5 Å². The Labute approximate surface area is 159 Å². The summed E-state index contributed by atoms with van der Waals surface area (Å²) in [5.41, 5.74) is -0.841. The number of sulfonamides is 1. The predicted molar refractivity (Wildman–Crippen MR) is 94.5 cm³/mol. The van der Waals surface area contributed by atoms with Crippen LogP contribution in [0, 0.1) is 11.6 Å². The standard InChI is InChI=1S/C17H17F2NO7S/c1-25-5-6-27-15-9-13(11(17(21)22)8-14(15)26-2)20-28(23,24)16-4-3-10(18)7-12(16)19/h3-4,7-9,20H,5-6H2,1-2H3,(H,21,22). The molecular formula is C17H17F2NO7S. The van der Waals surface area contributed by atoms with Gasteiger partial charge in [-0.1, -0.05) is 0 Å². The summed E-state index contributed by atoms with van der Waals surface area (Å²) >= 11 is 0. The SMILES string of the molecule is COCCOc1cc(NS(=O)(=O)c2ccc(F)cc2F)c(C(=O)O)cc1OC. The Morgan fingerprint density at radius 3 is 2.39 bits per heavy atom. The molecule has 8 nitrogen and oxygen atoms in total. The van der Waals surface area contributed by atoms with E-state index >= 15 is 0 Å². The lowest BCUT2D eigenvalue weighted by atomic mass is 10.1. The fourth-order valence-electron chi connectivity index (χ4n) is 2.22. The minimum absolute atomic E-state index is 0.0434. The summed E-state index contributed by atoms with van der Waals surface area (Å²) < 4.78 is 69.2. The Kier molecular flexibility index (Phi) is 6.75. The number of hydrogen-bond acceptors (Lipinski definition) is 6. The molecule has 0 aromatic heterocycles. The number of carboxylic acids is 1. The highest BCUT2D eigenvalue weighted by molar-refractivity contribution is 7.92. The van der Waals surface area contributed by atoms with Gasteiger partial charge in [-0.25, -0.2) is 22.0 Å². The highest BCUT2D eigenvalue weighted by atomic mass is 32.2. The minimum Gasteiger partial charge on any atom is -0.493 e. The first kappa shape index (κ1) is 21.4. The van der Waals surface area contributed by atoms with E-state index in [1.165, 1.54) is 14.2 Å². The molecule has 0 atom stereocenters. The fraction of sp³-hybridized carbons (Fsp3) is 0.235. The van der Waals surface area contributed by atoms with E-state index in [1.807, 2.05) is 4.72 Å². The lowest BCUT2D eigenvalue weighted by Crippen LogP contribution is -2.17. The molecule has 0 spiro atoms. The van der Waals surface area contributed by atoms with Crippen molar-refractivity contribution in [3.05, 3.63) is 47.5 Å². The first-order chi connectivity index (χ1) is 13.2. The van der Waals surface area contributed by atoms with Gasteiger partial charge >= 0.3 is 5.97 Å². The van der Waals surface area contributed by atoms with Gasteiger partial charge in [-0.15, -0.1) is 0 Å². The molecule has 0 saturated carbocycles. The molecule has 2 N–H and O–H groups in total. The molecule has 0 bridgehead atoms. The molecule has 0 unspecified atom stereocenters. The molecule has 0 aliphatic carbocycles. The number of nitrogens with one attached hydrogen (secondary N) is 1. The predicted octanol–water partition coefficient (Wildman–Crippen LogP) is 2.50. The van der Waals surface area contributed by atoms with Crippen LogP contribution in [0.3, 0.4) is 0 Å². The summed E-state index contributed by atoms with van der Waals surface area (Å²) in [5.74, 6) is -3.65. The van der Waals surface area contributed by atoms with Crippen molar-refractivity contribution in [1.29, 1.82) is 0 Å². The van der Waals surface area contributed by atoms with Crippen molar-refractivity contribution >= 4 is 21.7 Å². The number of anilines is 1. The van der Waals surface area contributed by atoms with Crippen molar-refractivity contribution in [2.75, 3.05) is 32.2 Å². The highest BCUT2D eigenvalue weighted by Crippen LogP contribution is 2.35. The van der Waals surface area contributed by atoms with Crippen LogP contribution in [0.2, 0.25) is 0 Å². The average Bonchev–Trinajstić information content (AvgIpc) is 2.61. The van der Waals surface area contributed by atoms with Gasteiger partial charge in [-0.3, -0.25) is 4.72 Å². The molecule has 0 heterocycles. The molecule has 0 saturated heterocycles. The van der Waals surface area contributed by atoms with Gasteiger partial charge in [0.1, 0.15) is 23.1 Å². The largest absolute Gasteiger partial charge is 0.493 e. The van der Waals surface area contributed by atoms with Crippen molar-refractivity contribution in [3.63, 3.8) is 0 Å². The number of halogens is 2. The molecule has 2 rings (SSSR count). The third kappa shape index (κ3) is 4.87. The Morgan fingerprint density at radius 1 is 1.11 bits per heavy atom. The molecule has 0 aliphatic rings. The third-order valence-corrected chi connectivity index (χ3v) is 4.91. The van der Waals surface area contributed by atoms with Crippen LogP contribution in [0.4, 0.5) is 14.5 Å².